The average molecular weight is 442 g/mol. The summed E-state index contributed by atoms with van der Waals surface area (Å²) in [7, 11) is 1.68. The first-order valence-corrected chi connectivity index (χ1v) is 10.8. The lowest BCUT2D eigenvalue weighted by molar-refractivity contribution is 0.414. The first-order valence-electron chi connectivity index (χ1n) is 10.4. The molecule has 4 aromatic rings. The van der Waals surface area contributed by atoms with Gasteiger partial charge in [-0.25, -0.2) is 4.98 Å². The molecule has 1 fully saturated rings. The number of para-hydroxylation sites is 2. The molecule has 0 spiro atoms. The summed E-state index contributed by atoms with van der Waals surface area (Å²) >= 11 is 5.84. The Kier molecular flexibility index (Phi) is 5.33. The van der Waals surface area contributed by atoms with Crippen LogP contribution in [0.3, 0.4) is 0 Å². The number of ether oxygens (including phenoxy) is 1. The van der Waals surface area contributed by atoms with E-state index < -0.39 is 0 Å². The van der Waals surface area contributed by atoms with Crippen molar-refractivity contribution in [2.45, 2.75) is 19.0 Å². The fourth-order valence-corrected chi connectivity index (χ4v) is 4.53. The Morgan fingerprint density at radius 3 is 2.56 bits per heavy atom. The smallest absolute Gasteiger partial charge is 0.174 e. The van der Waals surface area contributed by atoms with E-state index in [0.29, 0.717) is 5.11 Å². The first kappa shape index (κ1) is 20.2. The highest BCUT2D eigenvalue weighted by Crippen LogP contribution is 2.44. The summed E-state index contributed by atoms with van der Waals surface area (Å²) in [5, 5.41) is 4.13. The van der Waals surface area contributed by atoms with E-state index in [-0.39, 0.29) is 12.1 Å². The molecule has 7 heteroatoms. The maximum absolute atomic E-state index is 5.84. The number of anilines is 1. The summed E-state index contributed by atoms with van der Waals surface area (Å²) < 4.78 is 7.79. The zero-order valence-corrected chi connectivity index (χ0v) is 18.7. The SMILES string of the molecule is COc1ccccc1N1C(=S)N[C@H](c2ccccn2)[C@H]1c1cccn1-c1ccc(C)cn1. The van der Waals surface area contributed by atoms with Crippen molar-refractivity contribution in [2.24, 2.45) is 0 Å². The monoisotopic (exact) mass is 441 g/mol. The Hall–Kier alpha value is -3.71. The first-order chi connectivity index (χ1) is 15.7. The number of rotatable bonds is 5. The van der Waals surface area contributed by atoms with Crippen molar-refractivity contribution in [2.75, 3.05) is 12.0 Å². The van der Waals surface area contributed by atoms with E-state index >= 15 is 0 Å². The number of pyridine rings is 2. The average Bonchev–Trinajstić information content (AvgIpc) is 3.44. The normalized spacial score (nSPS) is 17.9. The number of benzene rings is 1. The molecule has 1 saturated heterocycles. The van der Waals surface area contributed by atoms with E-state index in [0.717, 1.165) is 34.2 Å². The predicted molar refractivity (Wildman–Crippen MR) is 129 cm³/mol. The number of nitrogens with one attached hydrogen (secondary N) is 1. The molecule has 0 saturated carbocycles. The third-order valence-electron chi connectivity index (χ3n) is 5.67. The van der Waals surface area contributed by atoms with E-state index in [2.05, 4.69) is 36.9 Å². The van der Waals surface area contributed by atoms with Crippen LogP contribution in [0.5, 0.6) is 5.75 Å². The summed E-state index contributed by atoms with van der Waals surface area (Å²) in [6, 6.07) is 21.8. The molecule has 3 aromatic heterocycles. The van der Waals surface area contributed by atoms with Gasteiger partial charge in [-0.2, -0.15) is 0 Å². The lowest BCUT2D eigenvalue weighted by atomic mass is 10.0. The highest BCUT2D eigenvalue weighted by Gasteiger charge is 2.43. The van der Waals surface area contributed by atoms with Gasteiger partial charge in [-0.15, -0.1) is 0 Å². The van der Waals surface area contributed by atoms with Gasteiger partial charge in [-0.1, -0.05) is 24.3 Å². The Labute approximate surface area is 192 Å². The third kappa shape index (κ3) is 3.50. The van der Waals surface area contributed by atoms with Crippen molar-refractivity contribution in [1.82, 2.24) is 19.9 Å². The lowest BCUT2D eigenvalue weighted by Crippen LogP contribution is -2.30. The fraction of sp³-hybridized carbons (Fsp3) is 0.160. The minimum absolute atomic E-state index is 0.146. The Balaban J connectivity index is 1.68. The van der Waals surface area contributed by atoms with Crippen molar-refractivity contribution in [3.8, 4) is 11.6 Å². The molecule has 4 heterocycles. The fourth-order valence-electron chi connectivity index (χ4n) is 4.19. The Morgan fingerprint density at radius 1 is 0.969 bits per heavy atom. The van der Waals surface area contributed by atoms with Crippen LogP contribution in [0.1, 0.15) is 29.0 Å². The zero-order valence-electron chi connectivity index (χ0n) is 17.8. The van der Waals surface area contributed by atoms with E-state index in [4.69, 9.17) is 17.0 Å². The summed E-state index contributed by atoms with van der Waals surface area (Å²) in [4.78, 5) is 11.4. The van der Waals surface area contributed by atoms with Gasteiger partial charge in [-0.05, 0) is 67.2 Å². The van der Waals surface area contributed by atoms with Crippen LogP contribution in [0.4, 0.5) is 5.69 Å². The van der Waals surface area contributed by atoms with Crippen LogP contribution in [0, 0.1) is 6.92 Å². The van der Waals surface area contributed by atoms with Crippen LogP contribution in [0.25, 0.3) is 5.82 Å². The molecule has 0 unspecified atom stereocenters. The number of hydrogen-bond donors (Lipinski definition) is 1. The van der Waals surface area contributed by atoms with Crippen LogP contribution < -0.4 is 15.0 Å². The second kappa shape index (κ2) is 8.43. The molecule has 6 nitrogen and oxygen atoms in total. The van der Waals surface area contributed by atoms with Gasteiger partial charge >= 0.3 is 0 Å². The minimum Gasteiger partial charge on any atom is -0.495 e. The highest BCUT2D eigenvalue weighted by molar-refractivity contribution is 7.80. The standard InChI is InChI=1S/C25H23N5OS/c1-17-12-13-22(27-16-17)29-15-7-10-20(29)24-23(18-8-5-6-14-26-18)28-25(32)30(24)19-9-3-4-11-21(19)31-2/h3-16,23-24H,1-2H3,(H,28,32)/t23-,24-/m1/s1. The summed E-state index contributed by atoms with van der Waals surface area (Å²) in [6.45, 7) is 2.03. The molecule has 1 N–H and O–H groups in total. The maximum atomic E-state index is 5.84. The molecule has 0 radical (unpaired) electrons. The van der Waals surface area contributed by atoms with Gasteiger partial charge in [0.2, 0.25) is 0 Å². The van der Waals surface area contributed by atoms with Crippen molar-refractivity contribution >= 4 is 23.0 Å². The van der Waals surface area contributed by atoms with Crippen molar-refractivity contribution in [3.05, 3.63) is 102 Å². The van der Waals surface area contributed by atoms with Gasteiger partial charge in [0.15, 0.2) is 5.11 Å². The summed E-state index contributed by atoms with van der Waals surface area (Å²) in [5.74, 6) is 1.61. The Bertz CT molecular complexity index is 1240. The molecule has 5 rings (SSSR count). The summed E-state index contributed by atoms with van der Waals surface area (Å²) in [6.07, 6.45) is 5.72. The van der Waals surface area contributed by atoms with Crippen LogP contribution in [-0.4, -0.2) is 26.8 Å². The molecular formula is C25H23N5OS. The van der Waals surface area contributed by atoms with Gasteiger partial charge in [0.05, 0.1) is 24.5 Å². The quantitative estimate of drug-likeness (QED) is 0.451. The number of aryl methyl sites for hydroxylation is 1. The molecule has 0 aliphatic carbocycles. The minimum atomic E-state index is -0.160. The summed E-state index contributed by atoms with van der Waals surface area (Å²) in [5.41, 5.74) is 3.99. The maximum Gasteiger partial charge on any atom is 0.174 e. The van der Waals surface area contributed by atoms with Crippen LogP contribution in [0.15, 0.2) is 85.3 Å². The topological polar surface area (TPSA) is 55.2 Å². The highest BCUT2D eigenvalue weighted by atomic mass is 32.1. The molecule has 0 amide bonds. The van der Waals surface area contributed by atoms with Crippen LogP contribution >= 0.6 is 12.2 Å². The van der Waals surface area contributed by atoms with Gasteiger partial charge in [-0.3, -0.25) is 4.98 Å². The molecule has 2 atom stereocenters. The number of methoxy groups -OCH3 is 1. The number of hydrogen-bond acceptors (Lipinski definition) is 4. The second-order valence-electron chi connectivity index (χ2n) is 7.67. The second-order valence-corrected chi connectivity index (χ2v) is 8.05. The number of nitrogens with zero attached hydrogens (tertiary/aromatic N) is 4. The van der Waals surface area contributed by atoms with Crippen molar-refractivity contribution in [3.63, 3.8) is 0 Å². The van der Waals surface area contributed by atoms with Gasteiger partial charge < -0.3 is 19.5 Å². The van der Waals surface area contributed by atoms with E-state index in [1.54, 1.807) is 7.11 Å². The molecule has 1 aliphatic heterocycles. The van der Waals surface area contributed by atoms with E-state index in [1.807, 2.05) is 80.1 Å². The number of aromatic nitrogens is 3. The predicted octanol–water partition coefficient (Wildman–Crippen LogP) is 4.76. The zero-order chi connectivity index (χ0) is 22.1. The van der Waals surface area contributed by atoms with Crippen LogP contribution in [0.2, 0.25) is 0 Å². The van der Waals surface area contributed by atoms with Gasteiger partial charge in [0.1, 0.15) is 17.6 Å². The molecule has 32 heavy (non-hydrogen) atoms. The number of thiocarbonyl (C=S) groups is 1. The van der Waals surface area contributed by atoms with Gasteiger partial charge in [0, 0.05) is 24.3 Å². The lowest BCUT2D eigenvalue weighted by Gasteiger charge is -2.29. The van der Waals surface area contributed by atoms with Gasteiger partial charge in [0.25, 0.3) is 0 Å². The van der Waals surface area contributed by atoms with Crippen molar-refractivity contribution in [1.29, 1.82) is 0 Å². The molecule has 1 aliphatic rings. The molecule has 160 valence electrons. The van der Waals surface area contributed by atoms with Crippen LogP contribution in [-0.2, 0) is 0 Å². The molecular weight excluding hydrogens is 418 g/mol. The third-order valence-corrected chi connectivity index (χ3v) is 5.98. The van der Waals surface area contributed by atoms with Crippen molar-refractivity contribution < 1.29 is 4.74 Å². The van der Waals surface area contributed by atoms with E-state index in [9.17, 15) is 0 Å². The Morgan fingerprint density at radius 2 is 1.81 bits per heavy atom. The molecule has 1 aromatic carbocycles. The van der Waals surface area contributed by atoms with E-state index in [1.165, 1.54) is 0 Å². The molecule has 0 bridgehead atoms. The largest absolute Gasteiger partial charge is 0.495 e.